The Labute approximate surface area is 168 Å². The first-order valence-corrected chi connectivity index (χ1v) is 9.88. The van der Waals surface area contributed by atoms with Crippen molar-refractivity contribution in [3.63, 3.8) is 0 Å². The van der Waals surface area contributed by atoms with Gasteiger partial charge in [-0.2, -0.15) is 0 Å². The lowest BCUT2D eigenvalue weighted by Gasteiger charge is -2.54. The van der Waals surface area contributed by atoms with E-state index in [1.165, 1.54) is 0 Å². The van der Waals surface area contributed by atoms with Crippen LogP contribution in [0, 0.1) is 0 Å². The van der Waals surface area contributed by atoms with Crippen LogP contribution in [-0.4, -0.2) is 41.7 Å². The fourth-order valence-corrected chi connectivity index (χ4v) is 5.45. The largest absolute Gasteiger partial charge is 0.493 e. The molecular weight excluding hydrogens is 370 g/mol. The van der Waals surface area contributed by atoms with Gasteiger partial charge >= 0.3 is 0 Å². The van der Waals surface area contributed by atoms with Crippen molar-refractivity contribution in [1.29, 1.82) is 0 Å². The molecular formula is C23H23NO5. The maximum absolute atomic E-state index is 12.9. The van der Waals surface area contributed by atoms with Crippen LogP contribution in [-0.2, 0) is 16.6 Å². The predicted octanol–water partition coefficient (Wildman–Crippen LogP) is 2.16. The van der Waals surface area contributed by atoms with Crippen molar-refractivity contribution in [2.45, 2.75) is 49.3 Å². The number of ketones is 1. The lowest BCUT2D eigenvalue weighted by molar-refractivity contribution is -0.154. The summed E-state index contributed by atoms with van der Waals surface area (Å²) < 4.78 is 11.5. The summed E-state index contributed by atoms with van der Waals surface area (Å²) in [6.45, 7) is 1.88. The molecule has 6 nitrogen and oxygen atoms in total. The Morgan fingerprint density at radius 3 is 2.72 bits per heavy atom. The molecule has 2 N–H and O–H groups in total. The Balaban J connectivity index is 1.62. The fraction of sp³-hybridized carbons (Fsp3) is 0.391. The molecule has 1 amide bonds. The molecule has 150 valence electrons. The standard InChI is InChI=1S/C23H23NO5/c1-22-18-14-8-9-16(28-2)19(18)29-20(22)15(25)10-11-23(22,27)17(12-14)24-21(26)13-6-4-3-5-7-13/h3-9,17,20,27H,10-12H2,1-2H3,(H,24,26)/t17-,20+,22?,23-/m0/s1. The average Bonchev–Trinajstić information content (AvgIpc) is 3.07. The van der Waals surface area contributed by atoms with Crippen LogP contribution in [0.3, 0.4) is 0 Å². The molecule has 0 spiro atoms. The molecule has 29 heavy (non-hydrogen) atoms. The summed E-state index contributed by atoms with van der Waals surface area (Å²) in [5, 5.41) is 15.0. The fourth-order valence-electron chi connectivity index (χ4n) is 5.45. The van der Waals surface area contributed by atoms with Crippen molar-refractivity contribution in [2.24, 2.45) is 0 Å². The van der Waals surface area contributed by atoms with Gasteiger partial charge in [0.2, 0.25) is 0 Å². The van der Waals surface area contributed by atoms with E-state index >= 15 is 0 Å². The molecule has 2 aromatic carbocycles. The summed E-state index contributed by atoms with van der Waals surface area (Å²) in [7, 11) is 1.56. The molecule has 3 aliphatic rings. The van der Waals surface area contributed by atoms with Gasteiger partial charge in [-0.15, -0.1) is 0 Å². The number of nitrogens with one attached hydrogen (secondary N) is 1. The first-order valence-electron chi connectivity index (χ1n) is 9.88. The SMILES string of the molecule is COc1ccc2c3c1O[C@@H]1C(=O)CC[C@](O)([C@@H](NC(=O)c4ccccc4)C2)C31C. The van der Waals surface area contributed by atoms with E-state index < -0.39 is 23.2 Å². The molecule has 1 unspecified atom stereocenters. The van der Waals surface area contributed by atoms with Gasteiger partial charge in [0.25, 0.3) is 5.91 Å². The molecule has 0 aromatic heterocycles. The van der Waals surface area contributed by atoms with E-state index in [1.807, 2.05) is 25.1 Å². The van der Waals surface area contributed by atoms with Gasteiger partial charge in [-0.3, -0.25) is 9.59 Å². The third kappa shape index (κ3) is 2.26. The van der Waals surface area contributed by atoms with E-state index in [0.717, 1.165) is 11.1 Å². The molecule has 2 aliphatic carbocycles. The minimum Gasteiger partial charge on any atom is -0.493 e. The highest BCUT2D eigenvalue weighted by molar-refractivity contribution is 5.95. The summed E-state index contributed by atoms with van der Waals surface area (Å²) in [6.07, 6.45) is 0.155. The van der Waals surface area contributed by atoms with Crippen LogP contribution in [0.1, 0.15) is 41.3 Å². The Hall–Kier alpha value is -2.86. The summed E-state index contributed by atoms with van der Waals surface area (Å²) >= 11 is 0. The van der Waals surface area contributed by atoms with Crippen molar-refractivity contribution < 1.29 is 24.2 Å². The van der Waals surface area contributed by atoms with Crippen LogP contribution in [0.2, 0.25) is 0 Å². The van der Waals surface area contributed by atoms with E-state index in [1.54, 1.807) is 31.4 Å². The number of carbonyl (C=O) groups excluding carboxylic acids is 2. The number of ether oxygens (including phenoxy) is 2. The van der Waals surface area contributed by atoms with E-state index in [0.29, 0.717) is 23.5 Å². The number of amides is 1. The topological polar surface area (TPSA) is 84.9 Å². The minimum absolute atomic E-state index is 0.0311. The number of aliphatic hydroxyl groups is 1. The lowest BCUT2D eigenvalue weighted by Crippen LogP contribution is -2.72. The van der Waals surface area contributed by atoms with Crippen molar-refractivity contribution in [1.82, 2.24) is 5.32 Å². The molecule has 1 aliphatic heterocycles. The van der Waals surface area contributed by atoms with E-state index in [4.69, 9.17) is 9.47 Å². The Kier molecular flexibility index (Phi) is 3.80. The van der Waals surface area contributed by atoms with Crippen LogP contribution in [0.5, 0.6) is 11.5 Å². The van der Waals surface area contributed by atoms with E-state index in [-0.39, 0.29) is 24.5 Å². The molecule has 1 saturated carbocycles. The maximum Gasteiger partial charge on any atom is 0.251 e. The molecule has 1 heterocycles. The predicted molar refractivity (Wildman–Crippen MR) is 105 cm³/mol. The van der Waals surface area contributed by atoms with Gasteiger partial charge in [0, 0.05) is 17.5 Å². The van der Waals surface area contributed by atoms with Crippen LogP contribution in [0.25, 0.3) is 0 Å². The number of hydrogen-bond acceptors (Lipinski definition) is 5. The maximum atomic E-state index is 12.9. The van der Waals surface area contributed by atoms with Gasteiger partial charge in [-0.25, -0.2) is 0 Å². The van der Waals surface area contributed by atoms with Gasteiger partial charge in [0.15, 0.2) is 23.4 Å². The summed E-state index contributed by atoms with van der Waals surface area (Å²) in [6, 6.07) is 12.2. The van der Waals surface area contributed by atoms with Crippen molar-refractivity contribution in [2.75, 3.05) is 7.11 Å². The Morgan fingerprint density at radius 2 is 2.00 bits per heavy atom. The molecule has 5 rings (SSSR count). The average molecular weight is 393 g/mol. The molecule has 2 aromatic rings. The van der Waals surface area contributed by atoms with Gasteiger partial charge in [-0.05, 0) is 43.5 Å². The summed E-state index contributed by atoms with van der Waals surface area (Å²) in [5.41, 5.74) is 0.0782. The molecule has 4 atom stereocenters. The molecule has 6 heteroatoms. The highest BCUT2D eigenvalue weighted by atomic mass is 16.5. The molecule has 0 radical (unpaired) electrons. The second-order valence-electron chi connectivity index (χ2n) is 8.32. The van der Waals surface area contributed by atoms with E-state index in [2.05, 4.69) is 5.32 Å². The normalized spacial score (nSPS) is 31.6. The summed E-state index contributed by atoms with van der Waals surface area (Å²) in [4.78, 5) is 25.6. The third-order valence-corrected chi connectivity index (χ3v) is 6.99. The van der Waals surface area contributed by atoms with Crippen molar-refractivity contribution in [3.05, 3.63) is 59.2 Å². The number of carbonyl (C=O) groups is 2. The number of hydrogen-bond donors (Lipinski definition) is 2. The second-order valence-corrected chi connectivity index (χ2v) is 8.32. The molecule has 0 saturated heterocycles. The van der Waals surface area contributed by atoms with Gasteiger partial charge in [0.1, 0.15) is 0 Å². The van der Waals surface area contributed by atoms with Crippen LogP contribution >= 0.6 is 0 Å². The highest BCUT2D eigenvalue weighted by Gasteiger charge is 2.69. The molecule has 0 bridgehead atoms. The Morgan fingerprint density at radius 1 is 1.24 bits per heavy atom. The minimum atomic E-state index is -1.30. The highest BCUT2D eigenvalue weighted by Crippen LogP contribution is 2.61. The number of rotatable bonds is 3. The van der Waals surface area contributed by atoms with Gasteiger partial charge in [0.05, 0.1) is 24.2 Å². The number of Topliss-reactive ketones (excluding diaryl/α,β-unsaturated/α-hetero) is 1. The quantitative estimate of drug-likeness (QED) is 0.835. The number of methoxy groups -OCH3 is 1. The van der Waals surface area contributed by atoms with Crippen LogP contribution in [0.15, 0.2) is 42.5 Å². The smallest absolute Gasteiger partial charge is 0.251 e. The zero-order chi connectivity index (χ0) is 20.4. The molecule has 1 fully saturated rings. The number of benzene rings is 2. The first-order chi connectivity index (χ1) is 13.9. The van der Waals surface area contributed by atoms with Crippen LogP contribution in [0.4, 0.5) is 0 Å². The Bertz CT molecular complexity index is 1020. The first kappa shape index (κ1) is 18.2. The summed E-state index contributed by atoms with van der Waals surface area (Å²) in [5.74, 6) is 0.828. The zero-order valence-corrected chi connectivity index (χ0v) is 16.4. The lowest BCUT2D eigenvalue weighted by atomic mass is 9.53. The third-order valence-electron chi connectivity index (χ3n) is 6.99. The van der Waals surface area contributed by atoms with Gasteiger partial charge in [-0.1, -0.05) is 24.3 Å². The van der Waals surface area contributed by atoms with Crippen LogP contribution < -0.4 is 14.8 Å². The van der Waals surface area contributed by atoms with E-state index in [9.17, 15) is 14.7 Å². The van der Waals surface area contributed by atoms with Crippen molar-refractivity contribution >= 4 is 11.7 Å². The van der Waals surface area contributed by atoms with Gasteiger partial charge < -0.3 is 19.9 Å². The zero-order valence-electron chi connectivity index (χ0n) is 16.4. The second kappa shape index (κ2) is 6.07. The monoisotopic (exact) mass is 393 g/mol. The van der Waals surface area contributed by atoms with Crippen molar-refractivity contribution in [3.8, 4) is 11.5 Å².